The van der Waals surface area contributed by atoms with Crippen LogP contribution in [0.4, 0.5) is 5.95 Å². The highest BCUT2D eigenvalue weighted by atomic mass is 35.5. The zero-order chi connectivity index (χ0) is 19.7. The third-order valence-electron chi connectivity index (χ3n) is 4.68. The fraction of sp³-hybridized carbons (Fsp3) is 0.474. The molecule has 3 heterocycles. The van der Waals surface area contributed by atoms with Gasteiger partial charge in [0.05, 0.1) is 10.9 Å². The summed E-state index contributed by atoms with van der Waals surface area (Å²) in [5, 5.41) is 14.5. The lowest BCUT2D eigenvalue weighted by atomic mass is 10.2. The Kier molecular flexibility index (Phi) is 5.59. The lowest BCUT2D eigenvalue weighted by Crippen LogP contribution is -2.22. The van der Waals surface area contributed by atoms with E-state index in [0.717, 1.165) is 35.7 Å². The summed E-state index contributed by atoms with van der Waals surface area (Å²) in [6.07, 6.45) is 2.34. The van der Waals surface area contributed by atoms with E-state index in [9.17, 15) is 0 Å². The summed E-state index contributed by atoms with van der Waals surface area (Å²) in [5.74, 6) is 2.39. The topological polar surface area (TPSA) is 72.9 Å². The molecule has 0 bridgehead atoms. The normalized spacial score (nSPS) is 15.5. The number of hydrogen-bond donors (Lipinski definition) is 0. The largest absolute Gasteiger partial charge is 0.341 e. The van der Waals surface area contributed by atoms with Crippen LogP contribution in [0.15, 0.2) is 33.9 Å². The van der Waals surface area contributed by atoms with Gasteiger partial charge in [0.1, 0.15) is 0 Å². The molecule has 2 aromatic heterocycles. The second-order valence-corrected chi connectivity index (χ2v) is 8.94. The first-order valence-electron chi connectivity index (χ1n) is 9.49. The molecule has 3 aromatic rings. The molecule has 0 aliphatic carbocycles. The maximum atomic E-state index is 6.25. The molecule has 4 rings (SSSR count). The molecule has 1 atom stereocenters. The average molecular weight is 419 g/mol. The van der Waals surface area contributed by atoms with Gasteiger partial charge in [0.25, 0.3) is 0 Å². The number of benzene rings is 1. The maximum Gasteiger partial charge on any atom is 0.239 e. The number of hydrogen-bond acceptors (Lipinski definition) is 7. The van der Waals surface area contributed by atoms with Crippen LogP contribution < -0.4 is 4.90 Å². The molecule has 148 valence electrons. The second kappa shape index (κ2) is 8.13. The smallest absolute Gasteiger partial charge is 0.239 e. The first-order chi connectivity index (χ1) is 13.5. The molecule has 0 radical (unpaired) electrons. The molecular weight excluding hydrogens is 396 g/mol. The molecule has 0 spiro atoms. The van der Waals surface area contributed by atoms with E-state index in [0.29, 0.717) is 10.9 Å². The van der Waals surface area contributed by atoms with Crippen molar-refractivity contribution in [2.45, 2.75) is 49.9 Å². The van der Waals surface area contributed by atoms with E-state index in [4.69, 9.17) is 16.1 Å². The molecule has 1 aliphatic heterocycles. The molecule has 1 aliphatic rings. The zero-order valence-corrected chi connectivity index (χ0v) is 17.7. The Balaban J connectivity index is 1.68. The molecule has 7 nitrogen and oxygen atoms in total. The second-order valence-electron chi connectivity index (χ2n) is 7.20. The molecule has 1 saturated heterocycles. The number of anilines is 1. The van der Waals surface area contributed by atoms with Crippen LogP contribution in [0.5, 0.6) is 0 Å². The number of rotatable bonds is 6. The molecule has 0 amide bonds. The Hall–Kier alpha value is -2.06. The van der Waals surface area contributed by atoms with Gasteiger partial charge in [-0.25, -0.2) is 0 Å². The summed E-state index contributed by atoms with van der Waals surface area (Å²) in [6, 6.07) is 7.76. The first-order valence-corrected chi connectivity index (χ1v) is 10.7. The van der Waals surface area contributed by atoms with Crippen LogP contribution in [0.1, 0.15) is 56.5 Å². The van der Waals surface area contributed by atoms with E-state index in [2.05, 4.69) is 29.8 Å². The predicted octanol–water partition coefficient (Wildman–Crippen LogP) is 4.88. The quantitative estimate of drug-likeness (QED) is 0.528. The maximum absolute atomic E-state index is 6.25. The minimum absolute atomic E-state index is 0.0476. The van der Waals surface area contributed by atoms with Crippen LogP contribution in [0.25, 0.3) is 5.69 Å². The summed E-state index contributed by atoms with van der Waals surface area (Å²) in [4.78, 5) is 6.79. The molecule has 0 saturated carbocycles. The van der Waals surface area contributed by atoms with Crippen molar-refractivity contribution in [1.29, 1.82) is 0 Å². The fourth-order valence-electron chi connectivity index (χ4n) is 3.16. The molecular formula is C19H23ClN6OS. The van der Waals surface area contributed by atoms with E-state index < -0.39 is 0 Å². The zero-order valence-electron chi connectivity index (χ0n) is 16.2. The Bertz CT molecular complexity index is 950. The van der Waals surface area contributed by atoms with Crippen LogP contribution in [0.2, 0.25) is 5.02 Å². The minimum Gasteiger partial charge on any atom is -0.341 e. The van der Waals surface area contributed by atoms with Gasteiger partial charge in [-0.1, -0.05) is 48.4 Å². The summed E-state index contributed by atoms with van der Waals surface area (Å²) < 4.78 is 7.53. The summed E-state index contributed by atoms with van der Waals surface area (Å²) in [7, 11) is 0. The van der Waals surface area contributed by atoms with E-state index >= 15 is 0 Å². The summed E-state index contributed by atoms with van der Waals surface area (Å²) in [6.45, 7) is 8.10. The van der Waals surface area contributed by atoms with Crippen LogP contribution in [0, 0.1) is 0 Å². The van der Waals surface area contributed by atoms with Crippen LogP contribution in [-0.4, -0.2) is 38.0 Å². The number of thioether (sulfide) groups is 1. The van der Waals surface area contributed by atoms with Gasteiger partial charge in [-0.05, 0) is 38.0 Å². The van der Waals surface area contributed by atoms with Crippen LogP contribution in [-0.2, 0) is 0 Å². The SMILES string of the molecule is CC(C)c1noc([C@@H](C)Sc2nnc(N3CCCC3)n2-c2cccc(Cl)c2)n1. The molecule has 28 heavy (non-hydrogen) atoms. The predicted molar refractivity (Wildman–Crippen MR) is 110 cm³/mol. The van der Waals surface area contributed by atoms with Gasteiger partial charge in [0, 0.05) is 24.0 Å². The van der Waals surface area contributed by atoms with Crippen LogP contribution >= 0.6 is 23.4 Å². The third-order valence-corrected chi connectivity index (χ3v) is 5.94. The van der Waals surface area contributed by atoms with Crippen LogP contribution in [0.3, 0.4) is 0 Å². The average Bonchev–Trinajstić information content (AvgIpc) is 3.41. The van der Waals surface area contributed by atoms with Gasteiger partial charge < -0.3 is 9.42 Å². The van der Waals surface area contributed by atoms with Crippen molar-refractivity contribution < 1.29 is 4.52 Å². The molecule has 9 heteroatoms. The van der Waals surface area contributed by atoms with Gasteiger partial charge in [0.2, 0.25) is 11.8 Å². The molecule has 1 aromatic carbocycles. The highest BCUT2D eigenvalue weighted by Gasteiger charge is 2.25. The summed E-state index contributed by atoms with van der Waals surface area (Å²) >= 11 is 7.80. The Morgan fingerprint density at radius 2 is 1.93 bits per heavy atom. The van der Waals surface area contributed by atoms with E-state index in [1.165, 1.54) is 12.8 Å². The monoisotopic (exact) mass is 418 g/mol. The van der Waals surface area contributed by atoms with E-state index in [1.807, 2.05) is 45.0 Å². The summed E-state index contributed by atoms with van der Waals surface area (Å²) in [5.41, 5.74) is 0.947. The van der Waals surface area contributed by atoms with Gasteiger partial charge in [-0.15, -0.1) is 10.2 Å². The highest BCUT2D eigenvalue weighted by molar-refractivity contribution is 7.99. The van der Waals surface area contributed by atoms with Crippen molar-refractivity contribution in [2.24, 2.45) is 0 Å². The number of aromatic nitrogens is 5. The van der Waals surface area contributed by atoms with E-state index in [-0.39, 0.29) is 11.2 Å². The molecule has 0 unspecified atom stereocenters. The van der Waals surface area contributed by atoms with Gasteiger partial charge >= 0.3 is 0 Å². The highest BCUT2D eigenvalue weighted by Crippen LogP contribution is 2.37. The lowest BCUT2D eigenvalue weighted by Gasteiger charge is -2.19. The Morgan fingerprint density at radius 1 is 1.14 bits per heavy atom. The fourth-order valence-corrected chi connectivity index (χ4v) is 4.23. The number of halogens is 1. The molecule has 1 fully saturated rings. The lowest BCUT2D eigenvalue weighted by molar-refractivity contribution is 0.373. The van der Waals surface area contributed by atoms with Crippen molar-refractivity contribution in [3.05, 3.63) is 41.0 Å². The first kappa shape index (κ1) is 19.3. The Labute approximate surface area is 173 Å². The van der Waals surface area contributed by atoms with Crippen molar-refractivity contribution >= 4 is 29.3 Å². The number of nitrogens with zero attached hydrogens (tertiary/aromatic N) is 6. The van der Waals surface area contributed by atoms with Crippen molar-refractivity contribution in [2.75, 3.05) is 18.0 Å². The van der Waals surface area contributed by atoms with Gasteiger partial charge in [0.15, 0.2) is 11.0 Å². The van der Waals surface area contributed by atoms with Crippen molar-refractivity contribution in [1.82, 2.24) is 24.9 Å². The van der Waals surface area contributed by atoms with Gasteiger partial charge in [-0.2, -0.15) is 4.98 Å². The van der Waals surface area contributed by atoms with E-state index in [1.54, 1.807) is 11.8 Å². The molecule has 0 N–H and O–H groups in total. The minimum atomic E-state index is -0.0476. The van der Waals surface area contributed by atoms with Gasteiger partial charge in [-0.3, -0.25) is 4.57 Å². The van der Waals surface area contributed by atoms with Crippen molar-refractivity contribution in [3.8, 4) is 5.69 Å². The third kappa shape index (κ3) is 3.89. The standard InChI is InChI=1S/C19H23ClN6OS/c1-12(2)16-21-17(27-24-16)13(3)28-19-23-22-18(25-9-4-5-10-25)26(19)15-8-6-7-14(20)11-15/h6-8,11-13H,4-5,9-10H2,1-3H3/t13-/m1/s1. The van der Waals surface area contributed by atoms with Crippen molar-refractivity contribution in [3.63, 3.8) is 0 Å². The Morgan fingerprint density at radius 3 is 2.61 bits per heavy atom.